The zero-order valence-corrected chi connectivity index (χ0v) is 11.1. The van der Waals surface area contributed by atoms with Crippen molar-refractivity contribution >= 4 is 16.8 Å². The van der Waals surface area contributed by atoms with Crippen molar-refractivity contribution in [3.8, 4) is 11.5 Å². The lowest BCUT2D eigenvalue weighted by Crippen LogP contribution is -2.43. The van der Waals surface area contributed by atoms with Crippen molar-refractivity contribution in [2.45, 2.75) is 44.1 Å². The second-order valence-electron chi connectivity index (χ2n) is 5.88. The van der Waals surface area contributed by atoms with E-state index in [1.165, 1.54) is 12.7 Å². The number of hydrogen-bond donors (Lipinski definition) is 1. The van der Waals surface area contributed by atoms with Crippen molar-refractivity contribution in [1.82, 2.24) is 0 Å². The van der Waals surface area contributed by atoms with Gasteiger partial charge in [-0.15, -0.1) is 0 Å². The van der Waals surface area contributed by atoms with Gasteiger partial charge in [0.1, 0.15) is 28.2 Å². The van der Waals surface area contributed by atoms with Gasteiger partial charge in [0.05, 0.1) is 18.1 Å². The van der Waals surface area contributed by atoms with Crippen LogP contribution in [-0.2, 0) is 0 Å². The Morgan fingerprint density at radius 1 is 1.20 bits per heavy atom. The van der Waals surface area contributed by atoms with Crippen LogP contribution in [-0.4, -0.2) is 16.5 Å². The molecule has 4 heteroatoms. The molecule has 2 heterocycles. The highest BCUT2D eigenvalue weighted by molar-refractivity contribution is 6.07. The number of ether oxygens (including phenoxy) is 1. The fourth-order valence-electron chi connectivity index (χ4n) is 3.55. The van der Waals surface area contributed by atoms with E-state index in [1.807, 2.05) is 0 Å². The normalized spacial score (nSPS) is 20.9. The zero-order valence-electron chi connectivity index (χ0n) is 11.1. The number of phenols is 1. The number of phenolic OH excluding ortho intramolecular Hbond substituents is 1. The molecule has 104 valence electrons. The van der Waals surface area contributed by atoms with Crippen molar-refractivity contribution in [2.24, 2.45) is 0 Å². The topological polar surface area (TPSA) is 59.7 Å². The number of hydrogen-bond acceptors (Lipinski definition) is 4. The molecule has 20 heavy (non-hydrogen) atoms. The summed E-state index contributed by atoms with van der Waals surface area (Å²) < 4.78 is 11.5. The molecule has 1 saturated carbocycles. The van der Waals surface area contributed by atoms with Gasteiger partial charge in [0, 0.05) is 6.07 Å². The van der Waals surface area contributed by atoms with Crippen LogP contribution < -0.4 is 4.74 Å². The van der Waals surface area contributed by atoms with Crippen LogP contribution in [0.2, 0.25) is 0 Å². The average molecular weight is 272 g/mol. The molecule has 1 aliphatic heterocycles. The van der Waals surface area contributed by atoms with Gasteiger partial charge in [-0.05, 0) is 31.7 Å². The number of aromatic hydroxyl groups is 1. The summed E-state index contributed by atoms with van der Waals surface area (Å²) in [5.41, 5.74) is 0.506. The van der Waals surface area contributed by atoms with Crippen molar-refractivity contribution in [2.75, 3.05) is 0 Å². The highest BCUT2D eigenvalue weighted by Gasteiger charge is 2.42. The lowest BCUT2D eigenvalue weighted by molar-refractivity contribution is 0.0133. The number of ketones is 1. The third-order valence-electron chi connectivity index (χ3n) is 4.55. The molecule has 4 rings (SSSR count). The minimum Gasteiger partial charge on any atom is -0.506 e. The molecule has 2 aliphatic rings. The van der Waals surface area contributed by atoms with E-state index in [0.717, 1.165) is 25.7 Å². The minimum absolute atomic E-state index is 0.0121. The molecule has 0 radical (unpaired) electrons. The molecule has 1 aromatic carbocycles. The minimum atomic E-state index is -0.366. The maximum Gasteiger partial charge on any atom is 0.174 e. The van der Waals surface area contributed by atoms with Gasteiger partial charge in [-0.3, -0.25) is 4.79 Å². The monoisotopic (exact) mass is 272 g/mol. The maximum absolute atomic E-state index is 12.5. The van der Waals surface area contributed by atoms with Crippen LogP contribution in [0.1, 0.15) is 48.9 Å². The second-order valence-corrected chi connectivity index (χ2v) is 5.88. The summed E-state index contributed by atoms with van der Waals surface area (Å²) in [4.78, 5) is 12.5. The van der Waals surface area contributed by atoms with E-state index in [2.05, 4.69) is 0 Å². The van der Waals surface area contributed by atoms with Crippen LogP contribution in [0.5, 0.6) is 11.5 Å². The van der Waals surface area contributed by atoms with Crippen molar-refractivity contribution in [1.29, 1.82) is 0 Å². The average Bonchev–Trinajstić information content (AvgIpc) is 2.87. The van der Waals surface area contributed by atoms with Crippen LogP contribution in [0.15, 0.2) is 22.8 Å². The summed E-state index contributed by atoms with van der Waals surface area (Å²) in [7, 11) is 0. The smallest absolute Gasteiger partial charge is 0.174 e. The Labute approximate surface area is 116 Å². The van der Waals surface area contributed by atoms with Gasteiger partial charge in [-0.25, -0.2) is 0 Å². The Balaban J connectivity index is 1.87. The largest absolute Gasteiger partial charge is 0.506 e. The van der Waals surface area contributed by atoms with Gasteiger partial charge in [0.15, 0.2) is 5.78 Å². The lowest BCUT2D eigenvalue weighted by atomic mass is 9.78. The van der Waals surface area contributed by atoms with Gasteiger partial charge < -0.3 is 14.3 Å². The van der Waals surface area contributed by atoms with E-state index in [0.29, 0.717) is 28.7 Å². The summed E-state index contributed by atoms with van der Waals surface area (Å²) in [6, 6.07) is 3.40. The molecule has 4 nitrogen and oxygen atoms in total. The van der Waals surface area contributed by atoms with Crippen LogP contribution >= 0.6 is 0 Å². The fourth-order valence-corrected chi connectivity index (χ4v) is 3.55. The highest BCUT2D eigenvalue weighted by Crippen LogP contribution is 2.46. The first-order valence-electron chi connectivity index (χ1n) is 7.14. The van der Waals surface area contributed by atoms with Crippen LogP contribution in [0.25, 0.3) is 11.0 Å². The SMILES string of the molecule is O=C1CC2(CCCCC2)Oc2cc3occc3c(O)c21. The van der Waals surface area contributed by atoms with Crippen molar-refractivity contribution in [3.63, 3.8) is 0 Å². The van der Waals surface area contributed by atoms with Crippen molar-refractivity contribution < 1.29 is 19.1 Å². The summed E-state index contributed by atoms with van der Waals surface area (Å²) in [6.07, 6.45) is 7.10. The second kappa shape index (κ2) is 4.01. The van der Waals surface area contributed by atoms with E-state index >= 15 is 0 Å². The molecule has 0 unspecified atom stereocenters. The highest BCUT2D eigenvalue weighted by atomic mass is 16.5. The van der Waals surface area contributed by atoms with E-state index < -0.39 is 0 Å². The van der Waals surface area contributed by atoms with Crippen molar-refractivity contribution in [3.05, 3.63) is 24.0 Å². The third kappa shape index (κ3) is 1.57. The lowest BCUT2D eigenvalue weighted by Gasteiger charge is -2.40. The molecule has 0 atom stereocenters. The Hall–Kier alpha value is -1.97. The molecule has 0 amide bonds. The summed E-state index contributed by atoms with van der Waals surface area (Å²) in [5.74, 6) is 0.443. The van der Waals surface area contributed by atoms with Gasteiger partial charge in [0.2, 0.25) is 0 Å². The molecular weight excluding hydrogens is 256 g/mol. The Morgan fingerprint density at radius 2 is 2.00 bits per heavy atom. The van der Waals surface area contributed by atoms with E-state index in [-0.39, 0.29) is 17.1 Å². The number of furan rings is 1. The quantitative estimate of drug-likeness (QED) is 0.792. The number of carbonyl (C=O) groups excluding carboxylic acids is 1. The predicted octanol–water partition coefficient (Wildman–Crippen LogP) is 3.81. The van der Waals surface area contributed by atoms with Gasteiger partial charge in [-0.1, -0.05) is 6.42 Å². The number of carbonyl (C=O) groups is 1. The summed E-state index contributed by atoms with van der Waals surface area (Å²) in [5, 5.41) is 10.9. The molecule has 1 spiro atoms. The van der Waals surface area contributed by atoms with Gasteiger partial charge in [-0.2, -0.15) is 0 Å². The first kappa shape index (κ1) is 11.8. The standard InChI is InChI=1S/C16H16O4/c17-11-9-16(5-2-1-3-6-16)20-13-8-12-10(4-7-19-12)15(18)14(11)13/h4,7-8,18H,1-3,5-6,9H2. The molecule has 0 bridgehead atoms. The van der Waals surface area contributed by atoms with E-state index in [9.17, 15) is 9.90 Å². The molecule has 1 fully saturated rings. The van der Waals surface area contributed by atoms with Gasteiger partial charge in [0.25, 0.3) is 0 Å². The number of rotatable bonds is 0. The molecule has 2 aromatic rings. The first-order valence-corrected chi connectivity index (χ1v) is 7.14. The molecular formula is C16H16O4. The molecule has 0 saturated heterocycles. The Kier molecular flexibility index (Phi) is 2.37. The summed E-state index contributed by atoms with van der Waals surface area (Å²) in [6.45, 7) is 0. The van der Waals surface area contributed by atoms with Gasteiger partial charge >= 0.3 is 0 Å². The Morgan fingerprint density at radius 3 is 2.80 bits per heavy atom. The van der Waals surface area contributed by atoms with Crippen LogP contribution in [0, 0.1) is 0 Å². The van der Waals surface area contributed by atoms with Crippen LogP contribution in [0.4, 0.5) is 0 Å². The maximum atomic E-state index is 12.5. The first-order chi connectivity index (χ1) is 9.69. The third-order valence-corrected chi connectivity index (χ3v) is 4.55. The zero-order chi connectivity index (χ0) is 13.7. The van der Waals surface area contributed by atoms with E-state index in [1.54, 1.807) is 12.1 Å². The summed E-state index contributed by atoms with van der Waals surface area (Å²) >= 11 is 0. The van der Waals surface area contributed by atoms with E-state index in [4.69, 9.17) is 9.15 Å². The molecule has 1 aromatic heterocycles. The fraction of sp³-hybridized carbons (Fsp3) is 0.438. The predicted molar refractivity (Wildman–Crippen MR) is 73.3 cm³/mol. The number of benzene rings is 1. The van der Waals surface area contributed by atoms with Crippen LogP contribution in [0.3, 0.4) is 0 Å². The molecule has 1 N–H and O–H groups in total. The number of fused-ring (bicyclic) bond motifs is 2. The molecule has 1 aliphatic carbocycles. The number of Topliss-reactive ketones (excluding diaryl/α,β-unsaturated/α-hetero) is 1. The Bertz CT molecular complexity index is 692.